The van der Waals surface area contributed by atoms with Crippen LogP contribution in [0.4, 0.5) is 0 Å². The van der Waals surface area contributed by atoms with Crippen LogP contribution in [0, 0.1) is 0 Å². The van der Waals surface area contributed by atoms with E-state index in [4.69, 9.17) is 4.98 Å². The van der Waals surface area contributed by atoms with Crippen LogP contribution < -0.4 is 5.56 Å². The van der Waals surface area contributed by atoms with E-state index < -0.39 is 0 Å². The van der Waals surface area contributed by atoms with Gasteiger partial charge in [-0.1, -0.05) is 67.2 Å². The summed E-state index contributed by atoms with van der Waals surface area (Å²) in [5.74, 6) is 0.266. The standard InChI is InChI=1S/C21H18N2O2S2/c1-14-12-17-19(27-14)20(25)23(16-10-6-3-7-11-16)21(22-17)26-13-18(24)15-8-4-2-5-9-15/h2-11,14H,12-13H2,1H3/t14-/m0/s1. The Morgan fingerprint density at radius 3 is 2.52 bits per heavy atom. The zero-order chi connectivity index (χ0) is 18.8. The van der Waals surface area contributed by atoms with Gasteiger partial charge in [0.15, 0.2) is 10.9 Å². The molecule has 0 N–H and O–H groups in total. The van der Waals surface area contributed by atoms with Gasteiger partial charge in [-0.25, -0.2) is 4.98 Å². The third kappa shape index (κ3) is 3.73. The summed E-state index contributed by atoms with van der Waals surface area (Å²) >= 11 is 2.90. The van der Waals surface area contributed by atoms with Gasteiger partial charge in [-0.15, -0.1) is 11.8 Å². The van der Waals surface area contributed by atoms with E-state index in [1.54, 1.807) is 16.3 Å². The van der Waals surface area contributed by atoms with Crippen molar-refractivity contribution in [1.29, 1.82) is 0 Å². The van der Waals surface area contributed by atoms with Crippen molar-refractivity contribution < 1.29 is 4.79 Å². The van der Waals surface area contributed by atoms with Crippen LogP contribution in [0.1, 0.15) is 23.0 Å². The number of Topliss-reactive ketones (excluding diaryl/α,β-unsaturated/α-hetero) is 1. The number of hydrogen-bond donors (Lipinski definition) is 0. The van der Waals surface area contributed by atoms with E-state index >= 15 is 0 Å². The van der Waals surface area contributed by atoms with Gasteiger partial charge in [-0.05, 0) is 12.1 Å². The third-order valence-corrected chi connectivity index (χ3v) is 6.48. The Balaban J connectivity index is 1.71. The molecule has 1 aromatic heterocycles. The quantitative estimate of drug-likeness (QED) is 0.368. The smallest absolute Gasteiger partial charge is 0.272 e. The lowest BCUT2D eigenvalue weighted by Gasteiger charge is -2.13. The van der Waals surface area contributed by atoms with Gasteiger partial charge < -0.3 is 0 Å². The van der Waals surface area contributed by atoms with Crippen molar-refractivity contribution in [3.05, 3.63) is 82.3 Å². The molecule has 4 nitrogen and oxygen atoms in total. The van der Waals surface area contributed by atoms with Gasteiger partial charge in [-0.2, -0.15) is 0 Å². The van der Waals surface area contributed by atoms with Gasteiger partial charge in [-0.3, -0.25) is 14.2 Å². The number of carbonyl (C=O) groups excluding carboxylic acids is 1. The Hall–Kier alpha value is -2.31. The largest absolute Gasteiger partial charge is 0.293 e. The number of fused-ring (bicyclic) bond motifs is 1. The topological polar surface area (TPSA) is 52.0 Å². The van der Waals surface area contributed by atoms with Gasteiger partial charge in [0.1, 0.15) is 0 Å². The Bertz CT molecular complexity index is 1030. The molecule has 0 spiro atoms. The summed E-state index contributed by atoms with van der Waals surface area (Å²) in [6, 6.07) is 18.7. The molecule has 1 aliphatic heterocycles. The summed E-state index contributed by atoms with van der Waals surface area (Å²) in [4.78, 5) is 31.1. The Morgan fingerprint density at radius 1 is 1.15 bits per heavy atom. The van der Waals surface area contributed by atoms with Crippen molar-refractivity contribution in [2.45, 2.75) is 28.6 Å². The molecule has 0 saturated heterocycles. The highest BCUT2D eigenvalue weighted by atomic mass is 32.2. The summed E-state index contributed by atoms with van der Waals surface area (Å²) in [5.41, 5.74) is 2.24. The second-order valence-corrected chi connectivity index (χ2v) is 8.75. The molecular weight excluding hydrogens is 376 g/mol. The first kappa shape index (κ1) is 18.1. The summed E-state index contributed by atoms with van der Waals surface area (Å²) in [6.07, 6.45) is 0.783. The van der Waals surface area contributed by atoms with Crippen molar-refractivity contribution >= 4 is 29.3 Å². The Kier molecular flexibility index (Phi) is 5.18. The molecule has 0 fully saturated rings. The van der Waals surface area contributed by atoms with Gasteiger partial charge >= 0.3 is 0 Å². The second-order valence-electron chi connectivity index (χ2n) is 6.36. The second kappa shape index (κ2) is 7.74. The molecule has 0 bridgehead atoms. The van der Waals surface area contributed by atoms with Crippen molar-refractivity contribution in [2.24, 2.45) is 0 Å². The maximum atomic E-state index is 13.1. The number of ketones is 1. The summed E-state index contributed by atoms with van der Waals surface area (Å²) < 4.78 is 1.63. The molecule has 2 aromatic carbocycles. The van der Waals surface area contributed by atoms with Crippen LogP contribution in [0.2, 0.25) is 0 Å². The fourth-order valence-corrected chi connectivity index (χ4v) is 5.06. The first-order valence-electron chi connectivity index (χ1n) is 8.72. The van der Waals surface area contributed by atoms with Crippen LogP contribution in [0.25, 0.3) is 5.69 Å². The third-order valence-electron chi connectivity index (χ3n) is 4.32. The van der Waals surface area contributed by atoms with E-state index in [9.17, 15) is 9.59 Å². The summed E-state index contributed by atoms with van der Waals surface area (Å²) in [5, 5.41) is 0.916. The molecule has 0 aliphatic carbocycles. The van der Waals surface area contributed by atoms with E-state index in [1.165, 1.54) is 11.8 Å². The first-order valence-corrected chi connectivity index (χ1v) is 10.6. The van der Waals surface area contributed by atoms with Crippen LogP contribution in [0.15, 0.2) is 75.5 Å². The monoisotopic (exact) mass is 394 g/mol. The molecule has 0 unspecified atom stereocenters. The number of para-hydroxylation sites is 1. The molecule has 0 amide bonds. The fourth-order valence-electron chi connectivity index (χ4n) is 3.04. The maximum absolute atomic E-state index is 13.1. The minimum atomic E-state index is -0.0461. The highest BCUT2D eigenvalue weighted by Crippen LogP contribution is 2.34. The van der Waals surface area contributed by atoms with Gasteiger partial charge in [0, 0.05) is 17.2 Å². The lowest BCUT2D eigenvalue weighted by atomic mass is 10.2. The summed E-state index contributed by atoms with van der Waals surface area (Å²) in [7, 11) is 0. The average Bonchev–Trinajstić information content (AvgIpc) is 3.08. The maximum Gasteiger partial charge on any atom is 0.272 e. The highest BCUT2D eigenvalue weighted by molar-refractivity contribution is 8.00. The number of nitrogens with zero attached hydrogens (tertiary/aromatic N) is 2. The van der Waals surface area contributed by atoms with Crippen LogP contribution in [0.5, 0.6) is 0 Å². The van der Waals surface area contributed by atoms with E-state index in [0.29, 0.717) is 16.0 Å². The molecule has 3 aromatic rings. The first-order chi connectivity index (χ1) is 13.1. The van der Waals surface area contributed by atoms with E-state index in [-0.39, 0.29) is 17.1 Å². The zero-order valence-electron chi connectivity index (χ0n) is 14.8. The zero-order valence-corrected chi connectivity index (χ0v) is 16.4. The number of rotatable bonds is 5. The van der Waals surface area contributed by atoms with E-state index in [1.807, 2.05) is 60.7 Å². The average molecular weight is 395 g/mol. The molecular formula is C21H18N2O2S2. The van der Waals surface area contributed by atoms with Gasteiger partial charge in [0.05, 0.1) is 22.0 Å². The predicted octanol–water partition coefficient (Wildman–Crippen LogP) is 4.24. The van der Waals surface area contributed by atoms with Gasteiger partial charge in [0.2, 0.25) is 0 Å². The lowest BCUT2D eigenvalue weighted by Crippen LogP contribution is -2.24. The minimum absolute atomic E-state index is 0.0257. The normalized spacial score (nSPS) is 15.5. The number of carbonyl (C=O) groups is 1. The lowest BCUT2D eigenvalue weighted by molar-refractivity contribution is 0.102. The van der Waals surface area contributed by atoms with Crippen LogP contribution in [-0.4, -0.2) is 26.3 Å². The van der Waals surface area contributed by atoms with Crippen LogP contribution in [-0.2, 0) is 6.42 Å². The van der Waals surface area contributed by atoms with E-state index in [0.717, 1.165) is 22.7 Å². The molecule has 136 valence electrons. The molecule has 1 aliphatic rings. The minimum Gasteiger partial charge on any atom is -0.293 e. The SMILES string of the molecule is C[C@H]1Cc2nc(SCC(=O)c3ccccc3)n(-c3ccccc3)c(=O)c2S1. The molecule has 27 heavy (non-hydrogen) atoms. The molecule has 1 atom stereocenters. The molecule has 0 saturated carbocycles. The van der Waals surface area contributed by atoms with Gasteiger partial charge in [0.25, 0.3) is 5.56 Å². The molecule has 0 radical (unpaired) electrons. The molecule has 4 rings (SSSR count). The fraction of sp³-hybridized carbons (Fsp3) is 0.190. The Morgan fingerprint density at radius 2 is 1.81 bits per heavy atom. The predicted molar refractivity (Wildman–Crippen MR) is 110 cm³/mol. The van der Waals surface area contributed by atoms with E-state index in [2.05, 4.69) is 6.92 Å². The van der Waals surface area contributed by atoms with Crippen molar-refractivity contribution in [2.75, 3.05) is 5.75 Å². The van der Waals surface area contributed by atoms with Crippen molar-refractivity contribution in [3.8, 4) is 5.69 Å². The number of hydrogen-bond acceptors (Lipinski definition) is 5. The molecule has 2 heterocycles. The summed E-state index contributed by atoms with van der Waals surface area (Å²) in [6.45, 7) is 2.10. The number of aromatic nitrogens is 2. The molecule has 6 heteroatoms. The number of benzene rings is 2. The Labute approximate surface area is 166 Å². The van der Waals surface area contributed by atoms with Crippen molar-refractivity contribution in [3.63, 3.8) is 0 Å². The van der Waals surface area contributed by atoms with Crippen LogP contribution >= 0.6 is 23.5 Å². The number of thioether (sulfide) groups is 2. The van der Waals surface area contributed by atoms with Crippen LogP contribution in [0.3, 0.4) is 0 Å². The highest BCUT2D eigenvalue weighted by Gasteiger charge is 2.27. The van der Waals surface area contributed by atoms with Crippen molar-refractivity contribution in [1.82, 2.24) is 9.55 Å².